The summed E-state index contributed by atoms with van der Waals surface area (Å²) >= 11 is 1.91. The molecule has 266 valence electrons. The SMILES string of the molecule is COc1cc(Cc2c(-c3ccc(CCN4CCCC4)cc3)sc3ccccc23)ccc1CN1CCOCC1.O=C(O)C(=O)O.O=C(O)C(=O)O. The third-order valence-corrected chi connectivity index (χ3v) is 9.69. The molecule has 13 heteroatoms. The summed E-state index contributed by atoms with van der Waals surface area (Å²) in [6.45, 7) is 8.20. The molecule has 1 aromatic heterocycles. The fourth-order valence-corrected chi connectivity index (χ4v) is 7.08. The molecular formula is C37H42N2O10S. The van der Waals surface area contributed by atoms with Gasteiger partial charge >= 0.3 is 23.9 Å². The first-order valence-electron chi connectivity index (χ1n) is 16.3. The summed E-state index contributed by atoms with van der Waals surface area (Å²) in [6.07, 6.45) is 4.74. The highest BCUT2D eigenvalue weighted by molar-refractivity contribution is 7.22. The molecule has 4 aromatic rings. The number of fused-ring (bicyclic) bond motifs is 1. The van der Waals surface area contributed by atoms with Gasteiger partial charge in [0, 0.05) is 41.3 Å². The minimum Gasteiger partial charge on any atom is -0.496 e. The summed E-state index contributed by atoms with van der Waals surface area (Å²) < 4.78 is 12.7. The molecule has 3 heterocycles. The largest absolute Gasteiger partial charge is 0.496 e. The van der Waals surface area contributed by atoms with Gasteiger partial charge in [-0.1, -0.05) is 54.6 Å². The number of methoxy groups -OCH3 is 1. The Hall–Kier alpha value is -4.82. The van der Waals surface area contributed by atoms with Crippen LogP contribution in [0, 0.1) is 0 Å². The molecule has 50 heavy (non-hydrogen) atoms. The number of ether oxygens (including phenoxy) is 2. The molecule has 4 N–H and O–H groups in total. The number of nitrogens with zero attached hydrogens (tertiary/aromatic N) is 2. The topological polar surface area (TPSA) is 174 Å². The van der Waals surface area contributed by atoms with Crippen LogP contribution in [0.4, 0.5) is 0 Å². The van der Waals surface area contributed by atoms with Crippen molar-refractivity contribution in [3.05, 3.63) is 89.0 Å². The maximum atomic E-state index is 9.10. The summed E-state index contributed by atoms with van der Waals surface area (Å²) in [5.41, 5.74) is 6.71. The number of morpholine rings is 1. The molecular weight excluding hydrogens is 664 g/mol. The molecule has 0 radical (unpaired) electrons. The fourth-order valence-electron chi connectivity index (χ4n) is 5.86. The standard InChI is InChI=1S/C33H38N2O2S.2C2H2O4/c1-36-31-23-26(10-13-28(31)24-35-18-20-37-21-19-35)22-30-29-6-2-3-7-32(29)38-33(30)27-11-8-25(9-12-27)14-17-34-15-4-5-16-34;2*3-1(4)2(5)6/h2-3,6-13,23H,4-5,14-22,24H2,1H3;2*(H,3,4)(H,5,6). The molecule has 0 bridgehead atoms. The zero-order valence-corrected chi connectivity index (χ0v) is 28.7. The lowest BCUT2D eigenvalue weighted by atomic mass is 9.97. The first-order chi connectivity index (χ1) is 24.0. The number of carboxylic acids is 4. The van der Waals surface area contributed by atoms with E-state index in [9.17, 15) is 0 Å². The number of hydrogen-bond donors (Lipinski definition) is 4. The fraction of sp³-hybridized carbons (Fsp3) is 0.351. The van der Waals surface area contributed by atoms with Crippen molar-refractivity contribution < 1.29 is 49.1 Å². The number of hydrogen-bond acceptors (Lipinski definition) is 9. The van der Waals surface area contributed by atoms with Crippen LogP contribution in [0.5, 0.6) is 5.75 Å². The normalized spacial score (nSPS) is 14.6. The highest BCUT2D eigenvalue weighted by Gasteiger charge is 2.18. The van der Waals surface area contributed by atoms with E-state index in [2.05, 4.69) is 76.5 Å². The summed E-state index contributed by atoms with van der Waals surface area (Å²) in [6, 6.07) is 25.0. The van der Waals surface area contributed by atoms with E-state index in [0.717, 1.165) is 51.4 Å². The van der Waals surface area contributed by atoms with Crippen LogP contribution in [0.15, 0.2) is 66.7 Å². The first-order valence-corrected chi connectivity index (χ1v) is 17.1. The number of carbonyl (C=O) groups is 4. The molecule has 0 aliphatic carbocycles. The zero-order chi connectivity index (χ0) is 36.0. The Balaban J connectivity index is 0.000000404. The molecule has 0 unspecified atom stereocenters. The second-order valence-corrected chi connectivity index (χ2v) is 12.9. The zero-order valence-electron chi connectivity index (χ0n) is 27.9. The lowest BCUT2D eigenvalue weighted by Crippen LogP contribution is -2.35. The Morgan fingerprint density at radius 1 is 0.760 bits per heavy atom. The van der Waals surface area contributed by atoms with E-state index in [-0.39, 0.29) is 0 Å². The van der Waals surface area contributed by atoms with E-state index < -0.39 is 23.9 Å². The Morgan fingerprint density at radius 3 is 1.96 bits per heavy atom. The van der Waals surface area contributed by atoms with Crippen molar-refractivity contribution in [2.24, 2.45) is 0 Å². The van der Waals surface area contributed by atoms with Gasteiger partial charge in [-0.15, -0.1) is 11.3 Å². The third kappa shape index (κ3) is 11.1. The van der Waals surface area contributed by atoms with Gasteiger partial charge in [0.1, 0.15) is 5.75 Å². The van der Waals surface area contributed by atoms with E-state index in [1.807, 2.05) is 11.3 Å². The summed E-state index contributed by atoms with van der Waals surface area (Å²) in [5.74, 6) is -6.31. The third-order valence-electron chi connectivity index (χ3n) is 8.43. The Morgan fingerprint density at radius 2 is 1.36 bits per heavy atom. The van der Waals surface area contributed by atoms with Crippen molar-refractivity contribution >= 4 is 45.3 Å². The van der Waals surface area contributed by atoms with Crippen molar-refractivity contribution in [2.45, 2.75) is 32.2 Å². The van der Waals surface area contributed by atoms with E-state index in [1.165, 1.54) is 75.3 Å². The lowest BCUT2D eigenvalue weighted by molar-refractivity contribution is -0.159. The molecule has 6 rings (SSSR count). The lowest BCUT2D eigenvalue weighted by Gasteiger charge is -2.27. The molecule has 2 aliphatic rings. The number of carboxylic acid groups (broad SMARTS) is 4. The average Bonchev–Trinajstić information content (AvgIpc) is 3.77. The number of aliphatic carboxylic acids is 4. The van der Waals surface area contributed by atoms with E-state index in [0.29, 0.717) is 0 Å². The van der Waals surface area contributed by atoms with Crippen LogP contribution in [0.25, 0.3) is 20.5 Å². The molecule has 0 spiro atoms. The molecule has 2 aliphatic heterocycles. The maximum Gasteiger partial charge on any atom is 0.414 e. The highest BCUT2D eigenvalue weighted by atomic mass is 32.1. The van der Waals surface area contributed by atoms with Gasteiger partial charge in [-0.3, -0.25) is 4.90 Å². The predicted octanol–water partition coefficient (Wildman–Crippen LogP) is 4.95. The van der Waals surface area contributed by atoms with Crippen molar-refractivity contribution in [1.82, 2.24) is 9.80 Å². The van der Waals surface area contributed by atoms with Crippen LogP contribution in [0.3, 0.4) is 0 Å². The van der Waals surface area contributed by atoms with Crippen LogP contribution in [0.2, 0.25) is 0 Å². The number of benzene rings is 3. The summed E-state index contributed by atoms with van der Waals surface area (Å²) in [5, 5.41) is 30.9. The first kappa shape index (κ1) is 38.0. The van der Waals surface area contributed by atoms with Gasteiger partial charge in [0.2, 0.25) is 0 Å². The van der Waals surface area contributed by atoms with Crippen molar-refractivity contribution in [3.8, 4) is 16.2 Å². The minimum atomic E-state index is -1.82. The second-order valence-electron chi connectivity index (χ2n) is 11.8. The Bertz CT molecular complexity index is 1710. The van der Waals surface area contributed by atoms with Crippen LogP contribution in [-0.4, -0.2) is 107 Å². The second kappa shape index (κ2) is 18.8. The van der Waals surface area contributed by atoms with Gasteiger partial charge in [0.15, 0.2) is 0 Å². The van der Waals surface area contributed by atoms with Gasteiger partial charge in [-0.05, 0) is 78.5 Å². The minimum absolute atomic E-state index is 0.813. The van der Waals surface area contributed by atoms with Crippen molar-refractivity contribution in [3.63, 3.8) is 0 Å². The monoisotopic (exact) mass is 706 g/mol. The molecule has 0 amide bonds. The summed E-state index contributed by atoms with van der Waals surface area (Å²) in [4.78, 5) is 42.8. The van der Waals surface area contributed by atoms with E-state index in [4.69, 9.17) is 49.1 Å². The van der Waals surface area contributed by atoms with Crippen LogP contribution in [0.1, 0.15) is 35.1 Å². The van der Waals surface area contributed by atoms with Gasteiger partial charge in [0.05, 0.1) is 20.3 Å². The summed E-state index contributed by atoms with van der Waals surface area (Å²) in [7, 11) is 1.79. The molecule has 2 fully saturated rings. The quantitative estimate of drug-likeness (QED) is 0.173. The predicted molar refractivity (Wildman–Crippen MR) is 189 cm³/mol. The van der Waals surface area contributed by atoms with Gasteiger partial charge in [-0.2, -0.15) is 0 Å². The Labute approximate surface area is 294 Å². The molecule has 3 aromatic carbocycles. The van der Waals surface area contributed by atoms with E-state index >= 15 is 0 Å². The number of thiophene rings is 1. The van der Waals surface area contributed by atoms with Crippen LogP contribution in [-0.2, 0) is 43.3 Å². The average molecular weight is 707 g/mol. The molecule has 2 saturated heterocycles. The molecule has 0 atom stereocenters. The van der Waals surface area contributed by atoms with Gasteiger partial charge in [0.25, 0.3) is 0 Å². The highest BCUT2D eigenvalue weighted by Crippen LogP contribution is 2.40. The van der Waals surface area contributed by atoms with Gasteiger partial charge in [-0.25, -0.2) is 19.2 Å². The molecule has 12 nitrogen and oxygen atoms in total. The number of rotatable bonds is 9. The Kier molecular flexibility index (Phi) is 14.3. The maximum absolute atomic E-state index is 9.10. The van der Waals surface area contributed by atoms with E-state index in [1.54, 1.807) is 7.11 Å². The van der Waals surface area contributed by atoms with Crippen molar-refractivity contribution in [1.29, 1.82) is 0 Å². The smallest absolute Gasteiger partial charge is 0.414 e. The van der Waals surface area contributed by atoms with Gasteiger partial charge < -0.3 is 34.8 Å². The van der Waals surface area contributed by atoms with Crippen molar-refractivity contribution in [2.75, 3.05) is 53.0 Å². The van der Waals surface area contributed by atoms with Crippen LogP contribution >= 0.6 is 11.3 Å². The van der Waals surface area contributed by atoms with Crippen LogP contribution < -0.4 is 4.74 Å². The number of likely N-dealkylation sites (tertiary alicyclic amines) is 1. The molecule has 0 saturated carbocycles.